The van der Waals surface area contributed by atoms with Gasteiger partial charge in [-0.25, -0.2) is 0 Å². The molecule has 1 atom stereocenters. The smallest absolute Gasteiger partial charge is 0.0707 e. The van der Waals surface area contributed by atoms with Crippen LogP contribution in [0.1, 0.15) is 24.1 Å². The molecule has 2 N–H and O–H groups in total. The zero-order chi connectivity index (χ0) is 10.1. The van der Waals surface area contributed by atoms with E-state index in [4.69, 9.17) is 5.73 Å². The Bertz CT molecular complexity index is 461. The zero-order valence-corrected chi connectivity index (χ0v) is 8.49. The van der Waals surface area contributed by atoms with Crippen LogP contribution in [0.25, 0.3) is 10.9 Å². The topological polar surface area (TPSA) is 38.9 Å². The van der Waals surface area contributed by atoms with E-state index in [2.05, 4.69) is 30.1 Å². The van der Waals surface area contributed by atoms with Gasteiger partial charge in [-0.3, -0.25) is 4.98 Å². The Labute approximate surface area is 83.8 Å². The first-order valence-corrected chi connectivity index (χ1v) is 4.79. The van der Waals surface area contributed by atoms with Crippen molar-refractivity contribution in [2.75, 3.05) is 0 Å². The molecule has 2 rings (SSSR count). The molecule has 0 radical (unpaired) electrons. The second-order valence-corrected chi connectivity index (χ2v) is 3.69. The molecular weight excluding hydrogens is 172 g/mol. The number of benzene rings is 1. The third-order valence-corrected chi connectivity index (χ3v) is 2.51. The van der Waals surface area contributed by atoms with Crippen molar-refractivity contribution in [3.8, 4) is 0 Å². The molecule has 0 saturated carbocycles. The summed E-state index contributed by atoms with van der Waals surface area (Å²) in [6.45, 7) is 4.08. The molecule has 2 aromatic rings. The fraction of sp³-hybridized carbons (Fsp3) is 0.250. The zero-order valence-electron chi connectivity index (χ0n) is 8.49. The Morgan fingerprint density at radius 3 is 2.79 bits per heavy atom. The van der Waals surface area contributed by atoms with E-state index in [1.54, 1.807) is 0 Å². The minimum Gasteiger partial charge on any atom is -0.324 e. The van der Waals surface area contributed by atoms with Crippen molar-refractivity contribution in [3.63, 3.8) is 0 Å². The first-order chi connectivity index (χ1) is 6.68. The molecule has 0 bridgehead atoms. The third kappa shape index (κ3) is 1.49. The molecular formula is C12H14N2. The Kier molecular flexibility index (Phi) is 2.22. The van der Waals surface area contributed by atoms with E-state index in [0.29, 0.717) is 0 Å². The van der Waals surface area contributed by atoms with Crippen molar-refractivity contribution in [2.24, 2.45) is 5.73 Å². The van der Waals surface area contributed by atoms with Crippen molar-refractivity contribution >= 4 is 10.9 Å². The molecule has 0 amide bonds. The number of pyridine rings is 1. The summed E-state index contributed by atoms with van der Waals surface area (Å²) in [4.78, 5) is 4.33. The molecule has 0 saturated heterocycles. The third-order valence-electron chi connectivity index (χ3n) is 2.51. The summed E-state index contributed by atoms with van der Waals surface area (Å²) < 4.78 is 0. The standard InChI is InChI=1S/C12H14N2/c1-8-5-6-14-12-7-10(9(2)13)3-4-11(8)12/h3-7,9H,13H2,1-2H3. The Balaban J connectivity index is 2.67. The van der Waals surface area contributed by atoms with E-state index in [1.165, 1.54) is 10.9 Å². The average molecular weight is 186 g/mol. The number of hydrogen-bond acceptors (Lipinski definition) is 2. The Morgan fingerprint density at radius 2 is 2.07 bits per heavy atom. The molecule has 2 nitrogen and oxygen atoms in total. The molecule has 1 aromatic carbocycles. The van der Waals surface area contributed by atoms with E-state index in [-0.39, 0.29) is 6.04 Å². The van der Waals surface area contributed by atoms with Gasteiger partial charge < -0.3 is 5.73 Å². The lowest BCUT2D eigenvalue weighted by Crippen LogP contribution is -2.04. The van der Waals surface area contributed by atoms with Crippen molar-refractivity contribution < 1.29 is 0 Å². The molecule has 2 heteroatoms. The highest BCUT2D eigenvalue weighted by Gasteiger charge is 2.02. The van der Waals surface area contributed by atoms with Crippen LogP contribution in [-0.2, 0) is 0 Å². The molecule has 1 heterocycles. The van der Waals surface area contributed by atoms with Crippen molar-refractivity contribution in [1.82, 2.24) is 4.98 Å². The van der Waals surface area contributed by atoms with Crippen molar-refractivity contribution in [1.29, 1.82) is 0 Å². The van der Waals surface area contributed by atoms with E-state index in [0.717, 1.165) is 11.1 Å². The second-order valence-electron chi connectivity index (χ2n) is 3.69. The molecule has 0 fully saturated rings. The normalized spacial score (nSPS) is 13.1. The van der Waals surface area contributed by atoms with Crippen molar-refractivity contribution in [3.05, 3.63) is 41.6 Å². The van der Waals surface area contributed by atoms with Gasteiger partial charge in [0.05, 0.1) is 5.52 Å². The molecule has 1 aromatic heterocycles. The Hall–Kier alpha value is -1.41. The summed E-state index contributed by atoms with van der Waals surface area (Å²) in [6, 6.07) is 8.32. The van der Waals surface area contributed by atoms with Gasteiger partial charge in [0, 0.05) is 17.6 Å². The minimum atomic E-state index is 0.0710. The lowest BCUT2D eigenvalue weighted by atomic mass is 10.0. The van der Waals surface area contributed by atoms with E-state index in [1.807, 2.05) is 19.2 Å². The first-order valence-electron chi connectivity index (χ1n) is 4.79. The SMILES string of the molecule is Cc1ccnc2cc(C(C)N)ccc12. The van der Waals surface area contributed by atoms with Gasteiger partial charge in [0.1, 0.15) is 0 Å². The molecule has 1 unspecified atom stereocenters. The quantitative estimate of drug-likeness (QED) is 0.743. The molecule has 0 spiro atoms. The van der Waals surface area contributed by atoms with Crippen LogP contribution in [0.3, 0.4) is 0 Å². The Morgan fingerprint density at radius 1 is 1.29 bits per heavy atom. The van der Waals surface area contributed by atoms with Crippen LogP contribution in [0.5, 0.6) is 0 Å². The largest absolute Gasteiger partial charge is 0.324 e. The molecule has 0 aliphatic carbocycles. The van der Waals surface area contributed by atoms with E-state index in [9.17, 15) is 0 Å². The van der Waals surface area contributed by atoms with Crippen LogP contribution >= 0.6 is 0 Å². The summed E-state index contributed by atoms with van der Waals surface area (Å²) in [5.41, 5.74) is 9.23. The highest BCUT2D eigenvalue weighted by Crippen LogP contribution is 2.19. The maximum atomic E-state index is 5.82. The molecule has 14 heavy (non-hydrogen) atoms. The fourth-order valence-electron chi connectivity index (χ4n) is 1.59. The van der Waals surface area contributed by atoms with Gasteiger partial charge in [0.2, 0.25) is 0 Å². The van der Waals surface area contributed by atoms with Gasteiger partial charge in [0.25, 0.3) is 0 Å². The molecule has 0 aliphatic heterocycles. The fourth-order valence-corrected chi connectivity index (χ4v) is 1.59. The van der Waals surface area contributed by atoms with E-state index < -0.39 is 0 Å². The molecule has 0 aliphatic rings. The summed E-state index contributed by atoms with van der Waals surface area (Å²) in [7, 11) is 0. The number of rotatable bonds is 1. The van der Waals surface area contributed by atoms with Crippen LogP contribution < -0.4 is 5.73 Å². The highest BCUT2D eigenvalue weighted by atomic mass is 14.7. The minimum absolute atomic E-state index is 0.0710. The highest BCUT2D eigenvalue weighted by molar-refractivity contribution is 5.82. The number of aryl methyl sites for hydroxylation is 1. The maximum Gasteiger partial charge on any atom is 0.0707 e. The van der Waals surface area contributed by atoms with Gasteiger partial charge in [-0.15, -0.1) is 0 Å². The maximum absolute atomic E-state index is 5.82. The lowest BCUT2D eigenvalue weighted by Gasteiger charge is -2.07. The number of fused-ring (bicyclic) bond motifs is 1. The summed E-state index contributed by atoms with van der Waals surface area (Å²) >= 11 is 0. The van der Waals surface area contributed by atoms with Crippen LogP contribution in [0.4, 0.5) is 0 Å². The van der Waals surface area contributed by atoms with Crippen LogP contribution in [0.15, 0.2) is 30.5 Å². The predicted molar refractivity (Wildman–Crippen MR) is 59.1 cm³/mol. The lowest BCUT2D eigenvalue weighted by molar-refractivity contribution is 0.819. The van der Waals surface area contributed by atoms with E-state index >= 15 is 0 Å². The van der Waals surface area contributed by atoms with Gasteiger partial charge in [-0.2, -0.15) is 0 Å². The monoisotopic (exact) mass is 186 g/mol. The number of hydrogen-bond donors (Lipinski definition) is 1. The second kappa shape index (κ2) is 3.39. The number of nitrogens with zero attached hydrogens (tertiary/aromatic N) is 1. The first kappa shape index (κ1) is 9.16. The summed E-state index contributed by atoms with van der Waals surface area (Å²) in [5, 5.41) is 1.21. The summed E-state index contributed by atoms with van der Waals surface area (Å²) in [5.74, 6) is 0. The number of nitrogens with two attached hydrogens (primary N) is 1. The van der Waals surface area contributed by atoms with Gasteiger partial charge in [0.15, 0.2) is 0 Å². The van der Waals surface area contributed by atoms with Gasteiger partial charge in [-0.1, -0.05) is 12.1 Å². The average Bonchev–Trinajstić information content (AvgIpc) is 2.17. The van der Waals surface area contributed by atoms with Crippen LogP contribution in [-0.4, -0.2) is 4.98 Å². The van der Waals surface area contributed by atoms with Gasteiger partial charge >= 0.3 is 0 Å². The van der Waals surface area contributed by atoms with Crippen LogP contribution in [0.2, 0.25) is 0 Å². The number of aromatic nitrogens is 1. The summed E-state index contributed by atoms with van der Waals surface area (Å²) in [6.07, 6.45) is 1.84. The molecule has 72 valence electrons. The predicted octanol–water partition coefficient (Wildman–Crippen LogP) is 2.56. The van der Waals surface area contributed by atoms with Crippen LogP contribution in [0, 0.1) is 6.92 Å². The van der Waals surface area contributed by atoms with Gasteiger partial charge in [-0.05, 0) is 37.1 Å². The van der Waals surface area contributed by atoms with Crippen molar-refractivity contribution in [2.45, 2.75) is 19.9 Å².